The summed E-state index contributed by atoms with van der Waals surface area (Å²) in [6, 6.07) is 34.4. The summed E-state index contributed by atoms with van der Waals surface area (Å²) in [7, 11) is 0. The molecule has 0 heterocycles. The lowest BCUT2D eigenvalue weighted by atomic mass is 9.72. The SMILES string of the molecule is c1ccc(-c2ccc3c(-c4c5c(cc6c4C4CCC6C4)C4CCC5C4)c4ccccc4c(-c4c5c(cc6c4C4CCC6C4)C4CCC5C4)c3c2)cc1. The quantitative estimate of drug-likeness (QED) is 0.164. The van der Waals surface area contributed by atoms with Gasteiger partial charge in [0.25, 0.3) is 0 Å². The Morgan fingerprint density at radius 1 is 0.288 bits per heavy atom. The van der Waals surface area contributed by atoms with Gasteiger partial charge >= 0.3 is 0 Å². The molecule has 0 nitrogen and oxygen atoms in total. The van der Waals surface area contributed by atoms with E-state index < -0.39 is 0 Å². The highest BCUT2D eigenvalue weighted by atomic mass is 14.5. The number of rotatable bonds is 3. The second-order valence-corrected chi connectivity index (χ2v) is 18.8. The molecular formula is C52H46. The number of hydrogen-bond donors (Lipinski definition) is 0. The molecule has 8 atom stereocenters. The van der Waals surface area contributed by atoms with Crippen molar-refractivity contribution < 1.29 is 0 Å². The molecule has 8 unspecified atom stereocenters. The predicted molar refractivity (Wildman–Crippen MR) is 215 cm³/mol. The van der Waals surface area contributed by atoms with Crippen LogP contribution >= 0.6 is 0 Å². The summed E-state index contributed by atoms with van der Waals surface area (Å²) in [5.41, 5.74) is 23.5. The number of benzene rings is 6. The second-order valence-electron chi connectivity index (χ2n) is 18.8. The van der Waals surface area contributed by atoms with Crippen LogP contribution < -0.4 is 0 Å². The summed E-state index contributed by atoms with van der Waals surface area (Å²) >= 11 is 0. The Bertz CT molecular complexity index is 2500. The lowest BCUT2D eigenvalue weighted by molar-refractivity contribution is 0.692. The van der Waals surface area contributed by atoms with Crippen LogP contribution in [0.25, 0.3) is 54.9 Å². The maximum Gasteiger partial charge on any atom is -0.00202 e. The van der Waals surface area contributed by atoms with Gasteiger partial charge in [0.2, 0.25) is 0 Å². The molecule has 6 aromatic rings. The van der Waals surface area contributed by atoms with Gasteiger partial charge in [0, 0.05) is 0 Å². The average Bonchev–Trinajstić information content (AvgIpc) is 4.06. The van der Waals surface area contributed by atoms with Crippen LogP contribution in [0, 0.1) is 0 Å². The third kappa shape index (κ3) is 3.43. The molecule has 8 aliphatic carbocycles. The van der Waals surface area contributed by atoms with Gasteiger partial charge < -0.3 is 0 Å². The Kier molecular flexibility index (Phi) is 5.38. The van der Waals surface area contributed by atoms with Crippen molar-refractivity contribution in [1.29, 1.82) is 0 Å². The summed E-state index contributed by atoms with van der Waals surface area (Å²) in [6.45, 7) is 0. The maximum absolute atomic E-state index is 2.77. The minimum atomic E-state index is 0.733. The van der Waals surface area contributed by atoms with E-state index in [0.29, 0.717) is 0 Å². The van der Waals surface area contributed by atoms with E-state index in [1.807, 2.05) is 0 Å². The minimum Gasteiger partial charge on any atom is -0.0622 e. The van der Waals surface area contributed by atoms with Crippen LogP contribution in [0.1, 0.15) is 169 Å². The topological polar surface area (TPSA) is 0 Å². The molecule has 0 heteroatoms. The van der Waals surface area contributed by atoms with Crippen LogP contribution in [-0.4, -0.2) is 0 Å². The van der Waals surface area contributed by atoms with Crippen molar-refractivity contribution in [2.24, 2.45) is 0 Å². The van der Waals surface area contributed by atoms with E-state index in [9.17, 15) is 0 Å². The molecule has 254 valence electrons. The fourth-order valence-corrected chi connectivity index (χ4v) is 14.8. The van der Waals surface area contributed by atoms with E-state index in [4.69, 9.17) is 0 Å². The van der Waals surface area contributed by atoms with Gasteiger partial charge in [0.05, 0.1) is 0 Å². The molecule has 4 saturated carbocycles. The summed E-state index contributed by atoms with van der Waals surface area (Å²) < 4.78 is 0. The van der Waals surface area contributed by atoms with Gasteiger partial charge in [0.1, 0.15) is 0 Å². The fourth-order valence-electron chi connectivity index (χ4n) is 14.8. The lowest BCUT2D eigenvalue weighted by Gasteiger charge is -2.31. The zero-order valence-corrected chi connectivity index (χ0v) is 30.2. The van der Waals surface area contributed by atoms with Crippen molar-refractivity contribution in [3.8, 4) is 33.4 Å². The van der Waals surface area contributed by atoms with Crippen LogP contribution in [0.15, 0.2) is 84.9 Å². The van der Waals surface area contributed by atoms with E-state index in [1.165, 1.54) is 110 Å². The molecule has 0 spiro atoms. The highest BCUT2D eigenvalue weighted by Gasteiger charge is 2.48. The molecule has 0 N–H and O–H groups in total. The highest BCUT2D eigenvalue weighted by molar-refractivity contribution is 6.23. The molecular weight excluding hydrogens is 625 g/mol. The molecule has 0 amide bonds. The molecule has 0 aromatic heterocycles. The summed E-state index contributed by atoms with van der Waals surface area (Å²) in [5.74, 6) is 6.07. The summed E-state index contributed by atoms with van der Waals surface area (Å²) in [6.07, 6.45) is 16.7. The molecule has 0 saturated heterocycles. The van der Waals surface area contributed by atoms with Crippen molar-refractivity contribution in [2.75, 3.05) is 0 Å². The molecule has 0 radical (unpaired) electrons. The average molecular weight is 671 g/mol. The monoisotopic (exact) mass is 670 g/mol. The Morgan fingerprint density at radius 2 is 0.673 bits per heavy atom. The van der Waals surface area contributed by atoms with Crippen LogP contribution in [0.3, 0.4) is 0 Å². The Morgan fingerprint density at radius 3 is 1.13 bits per heavy atom. The highest BCUT2D eigenvalue weighted by Crippen LogP contribution is 2.67. The van der Waals surface area contributed by atoms with Gasteiger partial charge in [-0.1, -0.05) is 78.9 Å². The molecule has 8 aliphatic rings. The van der Waals surface area contributed by atoms with E-state index in [2.05, 4.69) is 84.9 Å². The van der Waals surface area contributed by atoms with Gasteiger partial charge in [-0.05, 0) is 230 Å². The van der Waals surface area contributed by atoms with E-state index in [1.54, 1.807) is 66.8 Å². The first-order chi connectivity index (χ1) is 25.8. The molecule has 4 fully saturated rings. The molecule has 52 heavy (non-hydrogen) atoms. The third-order valence-electron chi connectivity index (χ3n) is 16.7. The van der Waals surface area contributed by atoms with Crippen LogP contribution in [0.2, 0.25) is 0 Å². The largest absolute Gasteiger partial charge is 0.0622 e. The normalized spacial score (nSPS) is 30.5. The van der Waals surface area contributed by atoms with E-state index in [-0.39, 0.29) is 0 Å². The summed E-state index contributed by atoms with van der Waals surface area (Å²) in [4.78, 5) is 0. The summed E-state index contributed by atoms with van der Waals surface area (Å²) in [5, 5.41) is 6.09. The molecule has 14 rings (SSSR count). The molecule has 0 aliphatic heterocycles. The van der Waals surface area contributed by atoms with Crippen LogP contribution in [0.4, 0.5) is 0 Å². The zero-order chi connectivity index (χ0) is 33.4. The van der Waals surface area contributed by atoms with Gasteiger partial charge in [-0.2, -0.15) is 0 Å². The van der Waals surface area contributed by atoms with Crippen molar-refractivity contribution in [1.82, 2.24) is 0 Å². The Balaban J connectivity index is 1.17. The second kappa shape index (κ2) is 9.87. The van der Waals surface area contributed by atoms with Crippen molar-refractivity contribution in [2.45, 2.75) is 124 Å². The third-order valence-corrected chi connectivity index (χ3v) is 16.7. The Hall–Kier alpha value is -4.16. The minimum absolute atomic E-state index is 0.733. The van der Waals surface area contributed by atoms with Crippen LogP contribution in [0.5, 0.6) is 0 Å². The maximum atomic E-state index is 2.77. The van der Waals surface area contributed by atoms with Gasteiger partial charge in [0.15, 0.2) is 0 Å². The molecule has 6 aromatic carbocycles. The van der Waals surface area contributed by atoms with Crippen LogP contribution in [-0.2, 0) is 0 Å². The predicted octanol–water partition coefficient (Wildman–Crippen LogP) is 14.5. The smallest absolute Gasteiger partial charge is 0.00202 e. The van der Waals surface area contributed by atoms with Crippen molar-refractivity contribution >= 4 is 21.5 Å². The first kappa shape index (κ1) is 28.4. The lowest BCUT2D eigenvalue weighted by Crippen LogP contribution is -2.10. The van der Waals surface area contributed by atoms with Crippen molar-refractivity contribution in [3.05, 3.63) is 129 Å². The first-order valence-electron chi connectivity index (χ1n) is 21.2. The molecule has 8 bridgehead atoms. The van der Waals surface area contributed by atoms with E-state index >= 15 is 0 Å². The van der Waals surface area contributed by atoms with Crippen molar-refractivity contribution in [3.63, 3.8) is 0 Å². The van der Waals surface area contributed by atoms with E-state index in [0.717, 1.165) is 47.3 Å². The van der Waals surface area contributed by atoms with Gasteiger partial charge in [-0.3, -0.25) is 0 Å². The zero-order valence-electron chi connectivity index (χ0n) is 30.2. The van der Waals surface area contributed by atoms with Gasteiger partial charge in [-0.15, -0.1) is 0 Å². The number of hydrogen-bond acceptors (Lipinski definition) is 0. The number of fused-ring (bicyclic) bond motifs is 22. The standard InChI is InChI=1S/C52H46/c1-2-6-27(7-3-1)28-18-19-39-44(24-28)50(52-47-35-16-12-31(22-35)42(47)26-43-32-13-17-36(23-32)48(43)52)38-9-5-4-8-37(38)49(39)51-45-33-14-10-29(20-33)40(45)25-41-30-11-15-34(21-30)46(41)51/h1-9,18-19,24-26,29-36H,10-17,20-23H2. The Labute approximate surface area is 307 Å². The van der Waals surface area contributed by atoms with Gasteiger partial charge in [-0.25, -0.2) is 0 Å². The first-order valence-corrected chi connectivity index (χ1v) is 21.2. The fraction of sp³-hybridized carbons (Fsp3) is 0.385.